The highest BCUT2D eigenvalue weighted by Gasteiger charge is 2.13. The molecule has 0 radical (unpaired) electrons. The molecule has 7 rings (SSSR count). The van der Waals surface area contributed by atoms with Gasteiger partial charge in [-0.25, -0.2) is 4.98 Å². The van der Waals surface area contributed by atoms with Crippen molar-refractivity contribution in [1.29, 1.82) is 0 Å². The summed E-state index contributed by atoms with van der Waals surface area (Å²) in [4.78, 5) is 23.2. The highest BCUT2D eigenvalue weighted by molar-refractivity contribution is 6.10. The zero-order valence-corrected chi connectivity index (χ0v) is 20.4. The fourth-order valence-electron chi connectivity index (χ4n) is 4.85. The lowest BCUT2D eigenvalue weighted by Crippen LogP contribution is -1.94. The molecule has 2 aromatic carbocycles. The summed E-state index contributed by atoms with van der Waals surface area (Å²) in [6, 6.07) is 34.9. The van der Waals surface area contributed by atoms with Crippen LogP contribution in [0.25, 0.3) is 66.8 Å². The number of fused-ring (bicyclic) bond motifs is 3. The number of pyridine rings is 5. The fourth-order valence-corrected chi connectivity index (χ4v) is 4.85. The van der Waals surface area contributed by atoms with Crippen molar-refractivity contribution in [1.82, 2.24) is 24.9 Å². The van der Waals surface area contributed by atoms with Crippen LogP contribution in [0.1, 0.15) is 0 Å². The molecule has 0 saturated carbocycles. The van der Waals surface area contributed by atoms with Crippen molar-refractivity contribution in [3.05, 3.63) is 128 Å². The number of aromatic nitrogens is 5. The van der Waals surface area contributed by atoms with Gasteiger partial charge in [-0.05, 0) is 76.9 Å². The van der Waals surface area contributed by atoms with E-state index in [2.05, 4.69) is 74.5 Å². The van der Waals surface area contributed by atoms with Crippen molar-refractivity contribution in [2.75, 3.05) is 0 Å². The minimum absolute atomic E-state index is 0.812. The maximum atomic E-state index is 4.89. The summed E-state index contributed by atoms with van der Waals surface area (Å²) in [5.41, 5.74) is 9.53. The molecule has 38 heavy (non-hydrogen) atoms. The van der Waals surface area contributed by atoms with Gasteiger partial charge in [0.2, 0.25) is 0 Å². The predicted octanol–water partition coefficient (Wildman–Crippen LogP) is 7.64. The van der Waals surface area contributed by atoms with Crippen LogP contribution in [0.3, 0.4) is 0 Å². The zero-order valence-electron chi connectivity index (χ0n) is 20.4. The standard InChI is InChI=1S/C33H21N5/c1-3-15-34-28(9-1)30-20-25(21-31(38-30)29-10-2-4-16-35-29)22-11-13-23(14-12-22)27-19-24-7-5-17-36-32(24)33-26(27)8-6-18-37-33/h1-21H. The second kappa shape index (κ2) is 9.30. The molecule has 0 aliphatic rings. The first-order valence-electron chi connectivity index (χ1n) is 12.4. The first-order valence-corrected chi connectivity index (χ1v) is 12.4. The maximum Gasteiger partial charge on any atom is 0.0970 e. The largest absolute Gasteiger partial charge is 0.255 e. The summed E-state index contributed by atoms with van der Waals surface area (Å²) in [5.74, 6) is 0. The quantitative estimate of drug-likeness (QED) is 0.239. The van der Waals surface area contributed by atoms with Crippen molar-refractivity contribution in [2.45, 2.75) is 0 Å². The van der Waals surface area contributed by atoms with Crippen LogP contribution in [0, 0.1) is 0 Å². The van der Waals surface area contributed by atoms with E-state index in [1.165, 1.54) is 0 Å². The number of benzene rings is 2. The summed E-state index contributed by atoms with van der Waals surface area (Å²) in [5, 5.41) is 2.16. The Morgan fingerprint density at radius 3 is 1.66 bits per heavy atom. The van der Waals surface area contributed by atoms with Gasteiger partial charge >= 0.3 is 0 Å². The van der Waals surface area contributed by atoms with Crippen LogP contribution in [0.2, 0.25) is 0 Å². The van der Waals surface area contributed by atoms with Crippen molar-refractivity contribution in [3.63, 3.8) is 0 Å². The highest BCUT2D eigenvalue weighted by atomic mass is 14.8. The van der Waals surface area contributed by atoms with E-state index in [-0.39, 0.29) is 0 Å². The topological polar surface area (TPSA) is 64.5 Å². The normalized spacial score (nSPS) is 11.2. The lowest BCUT2D eigenvalue weighted by molar-refractivity contribution is 1.22. The lowest BCUT2D eigenvalue weighted by Gasteiger charge is -2.12. The Bertz CT molecular complexity index is 1840. The molecule has 0 N–H and O–H groups in total. The molecule has 178 valence electrons. The van der Waals surface area contributed by atoms with Crippen LogP contribution in [-0.2, 0) is 0 Å². The molecule has 5 heterocycles. The van der Waals surface area contributed by atoms with E-state index in [4.69, 9.17) is 4.98 Å². The smallest absolute Gasteiger partial charge is 0.0970 e. The van der Waals surface area contributed by atoms with Crippen LogP contribution in [0.5, 0.6) is 0 Å². The van der Waals surface area contributed by atoms with Crippen molar-refractivity contribution in [3.8, 4) is 45.0 Å². The Labute approximate surface area is 219 Å². The van der Waals surface area contributed by atoms with Crippen LogP contribution in [0.15, 0.2) is 128 Å². The van der Waals surface area contributed by atoms with Gasteiger partial charge in [-0.1, -0.05) is 48.5 Å². The first-order chi connectivity index (χ1) is 18.8. The van der Waals surface area contributed by atoms with Gasteiger partial charge in [-0.15, -0.1) is 0 Å². The van der Waals surface area contributed by atoms with E-state index in [0.717, 1.165) is 66.8 Å². The predicted molar refractivity (Wildman–Crippen MR) is 152 cm³/mol. The average Bonchev–Trinajstić information content (AvgIpc) is 3.01. The van der Waals surface area contributed by atoms with E-state index in [1.807, 2.05) is 60.9 Å². The van der Waals surface area contributed by atoms with Crippen LogP contribution in [-0.4, -0.2) is 24.9 Å². The van der Waals surface area contributed by atoms with Gasteiger partial charge in [0.1, 0.15) is 0 Å². The molecule has 0 bridgehead atoms. The zero-order chi connectivity index (χ0) is 25.3. The summed E-state index contributed by atoms with van der Waals surface area (Å²) in [7, 11) is 0. The van der Waals surface area contributed by atoms with Crippen LogP contribution >= 0.6 is 0 Å². The molecule has 5 heteroatoms. The van der Waals surface area contributed by atoms with E-state index >= 15 is 0 Å². The second-order valence-corrected chi connectivity index (χ2v) is 9.03. The first kappa shape index (κ1) is 21.9. The average molecular weight is 488 g/mol. The molecular weight excluding hydrogens is 466 g/mol. The van der Waals surface area contributed by atoms with E-state index in [1.54, 1.807) is 12.4 Å². The molecule has 5 aromatic heterocycles. The Morgan fingerprint density at radius 1 is 0.395 bits per heavy atom. The maximum absolute atomic E-state index is 4.89. The fraction of sp³-hybridized carbons (Fsp3) is 0. The third kappa shape index (κ3) is 3.96. The van der Waals surface area contributed by atoms with Gasteiger partial charge in [-0.2, -0.15) is 0 Å². The van der Waals surface area contributed by atoms with E-state index < -0.39 is 0 Å². The Morgan fingerprint density at radius 2 is 1.00 bits per heavy atom. The summed E-state index contributed by atoms with van der Waals surface area (Å²) < 4.78 is 0. The van der Waals surface area contributed by atoms with Gasteiger partial charge in [-0.3, -0.25) is 19.9 Å². The summed E-state index contributed by atoms with van der Waals surface area (Å²) in [6.07, 6.45) is 7.22. The van der Waals surface area contributed by atoms with Gasteiger partial charge in [0.15, 0.2) is 0 Å². The third-order valence-corrected chi connectivity index (χ3v) is 6.67. The molecule has 0 amide bonds. The molecule has 0 saturated heterocycles. The molecule has 0 unspecified atom stereocenters. The molecular formula is C33H21N5. The summed E-state index contributed by atoms with van der Waals surface area (Å²) in [6.45, 7) is 0. The van der Waals surface area contributed by atoms with Gasteiger partial charge in [0, 0.05) is 35.6 Å². The molecule has 0 spiro atoms. The molecule has 0 fully saturated rings. The molecule has 0 aliphatic carbocycles. The number of nitrogens with zero attached hydrogens (tertiary/aromatic N) is 5. The minimum Gasteiger partial charge on any atom is -0.255 e. The van der Waals surface area contributed by atoms with Crippen LogP contribution < -0.4 is 0 Å². The Hall–Kier alpha value is -5.29. The number of hydrogen-bond acceptors (Lipinski definition) is 5. The lowest BCUT2D eigenvalue weighted by atomic mass is 9.95. The number of rotatable bonds is 4. The molecule has 5 nitrogen and oxygen atoms in total. The summed E-state index contributed by atoms with van der Waals surface area (Å²) >= 11 is 0. The van der Waals surface area contributed by atoms with Gasteiger partial charge < -0.3 is 0 Å². The molecule has 0 atom stereocenters. The SMILES string of the molecule is c1ccc(-c2cc(-c3ccc(-c4cc5cccnc5c5ncccc45)cc3)cc(-c3ccccn3)n2)nc1. The van der Waals surface area contributed by atoms with Crippen molar-refractivity contribution < 1.29 is 0 Å². The second-order valence-electron chi connectivity index (χ2n) is 9.03. The minimum atomic E-state index is 0.812. The third-order valence-electron chi connectivity index (χ3n) is 6.67. The monoisotopic (exact) mass is 487 g/mol. The van der Waals surface area contributed by atoms with Crippen molar-refractivity contribution >= 4 is 21.8 Å². The van der Waals surface area contributed by atoms with E-state index in [9.17, 15) is 0 Å². The van der Waals surface area contributed by atoms with Crippen molar-refractivity contribution in [2.24, 2.45) is 0 Å². The van der Waals surface area contributed by atoms with Gasteiger partial charge in [0.05, 0.1) is 33.8 Å². The van der Waals surface area contributed by atoms with Gasteiger partial charge in [0.25, 0.3) is 0 Å². The Kier molecular flexibility index (Phi) is 5.37. The van der Waals surface area contributed by atoms with E-state index in [0.29, 0.717) is 0 Å². The number of hydrogen-bond donors (Lipinski definition) is 0. The molecule has 0 aliphatic heterocycles. The highest BCUT2D eigenvalue weighted by Crippen LogP contribution is 2.35. The Balaban J connectivity index is 1.35. The van der Waals surface area contributed by atoms with Crippen LogP contribution in [0.4, 0.5) is 0 Å². The molecule has 7 aromatic rings.